The first-order valence-corrected chi connectivity index (χ1v) is 13.7. The normalized spacial score (nSPS) is 12.9. The summed E-state index contributed by atoms with van der Waals surface area (Å²) in [6.07, 6.45) is 0.582. The van der Waals surface area contributed by atoms with Gasteiger partial charge in [-0.3, -0.25) is 9.59 Å². The fraction of sp³-hybridized carbons (Fsp3) is 0.406. The Kier molecular flexibility index (Phi) is 10.3. The second-order valence-corrected chi connectivity index (χ2v) is 11.1. The minimum Gasteiger partial charge on any atom is -0.444 e. The Morgan fingerprint density at radius 2 is 1.60 bits per heavy atom. The second-order valence-electron chi connectivity index (χ2n) is 11.1. The molecule has 0 saturated heterocycles. The lowest BCUT2D eigenvalue weighted by atomic mass is 9.98. The number of fused-ring (bicyclic) bond motifs is 1. The summed E-state index contributed by atoms with van der Waals surface area (Å²) < 4.78 is 5.31. The molecular weight excluding hydrogens is 506 g/mol. The third-order valence-corrected chi connectivity index (χ3v) is 6.34. The number of hydrogen-bond acceptors (Lipinski definition) is 5. The quantitative estimate of drug-likeness (QED) is 0.304. The van der Waals surface area contributed by atoms with Gasteiger partial charge in [0.15, 0.2) is 0 Å². The van der Waals surface area contributed by atoms with Crippen molar-refractivity contribution in [3.05, 3.63) is 77.4 Å². The summed E-state index contributed by atoms with van der Waals surface area (Å²) >= 11 is 0. The fourth-order valence-electron chi connectivity index (χ4n) is 4.65. The van der Waals surface area contributed by atoms with Crippen molar-refractivity contribution in [1.82, 2.24) is 10.2 Å². The van der Waals surface area contributed by atoms with E-state index in [1.54, 1.807) is 20.8 Å². The molecule has 214 valence electrons. The maximum absolute atomic E-state index is 14.0. The summed E-state index contributed by atoms with van der Waals surface area (Å²) in [6, 6.07) is 17.0. The number of hydrogen-bond donors (Lipinski definition) is 3. The van der Waals surface area contributed by atoms with Gasteiger partial charge in [0.05, 0.1) is 6.61 Å². The number of alkyl carbamates (subject to hydrolysis) is 1. The van der Waals surface area contributed by atoms with Crippen molar-refractivity contribution in [3.8, 4) is 0 Å². The van der Waals surface area contributed by atoms with Crippen LogP contribution in [0.15, 0.2) is 60.7 Å². The summed E-state index contributed by atoms with van der Waals surface area (Å²) in [4.78, 5) is 41.9. The van der Waals surface area contributed by atoms with E-state index in [-0.39, 0.29) is 6.54 Å². The lowest BCUT2D eigenvalue weighted by Gasteiger charge is -2.34. The topological polar surface area (TPSA) is 108 Å². The number of unbranched alkanes of at least 4 members (excludes halogenated alkanes) is 1. The van der Waals surface area contributed by atoms with Gasteiger partial charge in [-0.15, -0.1) is 0 Å². The van der Waals surface area contributed by atoms with Gasteiger partial charge in [-0.25, -0.2) is 4.79 Å². The average Bonchev–Trinajstić information content (AvgIpc) is 2.87. The Morgan fingerprint density at radius 3 is 2.20 bits per heavy atom. The zero-order chi connectivity index (χ0) is 29.4. The molecule has 0 radical (unpaired) electrons. The first-order chi connectivity index (χ1) is 18.9. The molecule has 3 aromatic rings. The van der Waals surface area contributed by atoms with Crippen LogP contribution in [0.2, 0.25) is 0 Å². The highest BCUT2D eigenvalue weighted by atomic mass is 16.6. The van der Waals surface area contributed by atoms with E-state index in [1.165, 1.54) is 4.90 Å². The monoisotopic (exact) mass is 547 g/mol. The number of carbonyl (C=O) groups excluding carboxylic acids is 3. The molecule has 40 heavy (non-hydrogen) atoms. The molecule has 0 heterocycles. The van der Waals surface area contributed by atoms with Gasteiger partial charge < -0.3 is 25.4 Å². The molecule has 0 aromatic heterocycles. The van der Waals surface area contributed by atoms with Crippen molar-refractivity contribution in [2.24, 2.45) is 0 Å². The number of nitrogens with one attached hydrogen (secondary N) is 2. The first kappa shape index (κ1) is 30.6. The summed E-state index contributed by atoms with van der Waals surface area (Å²) in [5.41, 5.74) is 2.37. The molecule has 0 aliphatic rings. The number of anilines is 1. The number of aliphatic hydroxyl groups is 1. The van der Waals surface area contributed by atoms with Crippen LogP contribution in [0.1, 0.15) is 63.3 Å². The van der Waals surface area contributed by atoms with Crippen LogP contribution < -0.4 is 10.6 Å². The highest BCUT2D eigenvalue weighted by Crippen LogP contribution is 2.28. The predicted molar refractivity (Wildman–Crippen MR) is 158 cm³/mol. The minimum absolute atomic E-state index is 0.255. The number of benzene rings is 3. The maximum Gasteiger partial charge on any atom is 0.408 e. The summed E-state index contributed by atoms with van der Waals surface area (Å²) in [5, 5.41) is 17.6. The molecule has 2 atom stereocenters. The van der Waals surface area contributed by atoms with E-state index in [2.05, 4.69) is 10.6 Å². The molecule has 0 fully saturated rings. The highest BCUT2D eigenvalue weighted by Gasteiger charge is 2.36. The van der Waals surface area contributed by atoms with E-state index in [1.807, 2.05) is 81.4 Å². The van der Waals surface area contributed by atoms with Gasteiger partial charge in [0.1, 0.15) is 17.7 Å². The van der Waals surface area contributed by atoms with E-state index in [0.717, 1.165) is 28.3 Å². The third-order valence-electron chi connectivity index (χ3n) is 6.34. The second kappa shape index (κ2) is 13.4. The van der Waals surface area contributed by atoms with E-state index >= 15 is 0 Å². The average molecular weight is 548 g/mol. The minimum atomic E-state index is -1.28. The van der Waals surface area contributed by atoms with Crippen LogP contribution in [0.5, 0.6) is 0 Å². The van der Waals surface area contributed by atoms with Gasteiger partial charge in [0, 0.05) is 12.2 Å². The molecule has 3 rings (SSSR count). The van der Waals surface area contributed by atoms with Gasteiger partial charge in [-0.05, 0) is 69.5 Å². The molecule has 0 aliphatic heterocycles. The first-order valence-electron chi connectivity index (χ1n) is 13.7. The molecule has 3 N–H and O–H groups in total. The summed E-state index contributed by atoms with van der Waals surface area (Å²) in [5.74, 6) is -0.960. The van der Waals surface area contributed by atoms with Crippen LogP contribution >= 0.6 is 0 Å². The molecule has 0 spiro atoms. The Morgan fingerprint density at radius 1 is 0.950 bits per heavy atom. The summed E-state index contributed by atoms with van der Waals surface area (Å²) in [7, 11) is 0. The Labute approximate surface area is 236 Å². The molecule has 8 nitrogen and oxygen atoms in total. The van der Waals surface area contributed by atoms with Crippen LogP contribution in [0.25, 0.3) is 10.8 Å². The van der Waals surface area contributed by atoms with Crippen molar-refractivity contribution in [1.29, 1.82) is 0 Å². The van der Waals surface area contributed by atoms with Gasteiger partial charge in [0.25, 0.3) is 5.91 Å². The maximum atomic E-state index is 14.0. The van der Waals surface area contributed by atoms with Crippen molar-refractivity contribution in [2.75, 3.05) is 18.5 Å². The van der Waals surface area contributed by atoms with E-state index < -0.39 is 42.2 Å². The third kappa shape index (κ3) is 8.29. The number of rotatable bonds is 10. The van der Waals surface area contributed by atoms with E-state index in [9.17, 15) is 19.5 Å². The Balaban J connectivity index is 2.02. The zero-order valence-electron chi connectivity index (χ0n) is 24.3. The number of amides is 3. The lowest BCUT2D eigenvalue weighted by Crippen LogP contribution is -2.54. The molecular formula is C32H41N3O5. The smallest absolute Gasteiger partial charge is 0.408 e. The zero-order valence-corrected chi connectivity index (χ0v) is 24.3. The number of aryl methyl sites for hydroxylation is 2. The van der Waals surface area contributed by atoms with Crippen LogP contribution in [-0.2, 0) is 14.3 Å². The number of nitrogens with zero attached hydrogens (tertiary/aromatic N) is 1. The number of ether oxygens (including phenoxy) is 1. The molecule has 3 aromatic carbocycles. The molecule has 0 bridgehead atoms. The van der Waals surface area contributed by atoms with Crippen LogP contribution in [0.4, 0.5) is 10.5 Å². The number of carbonyl (C=O) groups is 3. The standard InChI is InChI=1S/C32H41N3O5/c1-7-8-15-35(30(38)27(20-36)34-31(39)40-32(4,5)6)28(25-17-21(2)16-22(3)18-25)29(37)33-26-14-13-23-11-9-10-12-24(23)19-26/h9-14,16-19,27-28,36H,7-8,15,20H2,1-6H3,(H,33,37)(H,34,39). The Bertz CT molecular complexity index is 1330. The SMILES string of the molecule is CCCCN(C(=O)C(CO)NC(=O)OC(C)(C)C)C(C(=O)Nc1ccc2ccccc2c1)c1cc(C)cc(C)c1. The van der Waals surface area contributed by atoms with Gasteiger partial charge >= 0.3 is 6.09 Å². The molecule has 3 amide bonds. The van der Waals surface area contributed by atoms with Gasteiger partial charge in [-0.2, -0.15) is 0 Å². The van der Waals surface area contributed by atoms with E-state index in [4.69, 9.17) is 4.74 Å². The van der Waals surface area contributed by atoms with Gasteiger partial charge in [-0.1, -0.05) is 73.0 Å². The van der Waals surface area contributed by atoms with Crippen LogP contribution in [-0.4, -0.2) is 52.7 Å². The fourth-order valence-corrected chi connectivity index (χ4v) is 4.65. The van der Waals surface area contributed by atoms with Crippen molar-refractivity contribution in [3.63, 3.8) is 0 Å². The van der Waals surface area contributed by atoms with Crippen molar-refractivity contribution >= 4 is 34.4 Å². The van der Waals surface area contributed by atoms with E-state index in [0.29, 0.717) is 17.7 Å². The molecule has 2 unspecified atom stereocenters. The van der Waals surface area contributed by atoms with Crippen molar-refractivity contribution < 1.29 is 24.2 Å². The van der Waals surface area contributed by atoms with Crippen LogP contribution in [0, 0.1) is 13.8 Å². The molecule has 0 saturated carbocycles. The largest absolute Gasteiger partial charge is 0.444 e. The van der Waals surface area contributed by atoms with Gasteiger partial charge in [0.2, 0.25) is 5.91 Å². The van der Waals surface area contributed by atoms with Crippen LogP contribution in [0.3, 0.4) is 0 Å². The predicted octanol–water partition coefficient (Wildman–Crippen LogP) is 5.65. The Hall–Kier alpha value is -3.91. The summed E-state index contributed by atoms with van der Waals surface area (Å²) in [6.45, 7) is 10.6. The highest BCUT2D eigenvalue weighted by molar-refractivity contribution is 6.00. The van der Waals surface area contributed by atoms with Crippen molar-refractivity contribution in [2.45, 2.75) is 72.1 Å². The molecule has 0 aliphatic carbocycles. The number of aliphatic hydroxyl groups excluding tert-OH is 1. The lowest BCUT2D eigenvalue weighted by molar-refractivity contribution is -0.141. The molecule has 8 heteroatoms.